The third-order valence-electron chi connectivity index (χ3n) is 28.7. The molecule has 606 valence electrons. The zero-order chi connectivity index (χ0) is 78.5. The van der Waals surface area contributed by atoms with E-state index in [1.165, 1.54) is 218 Å². The van der Waals surface area contributed by atoms with Crippen molar-refractivity contribution in [2.24, 2.45) is 85.2 Å². The van der Waals surface area contributed by atoms with Gasteiger partial charge in [-0.05, 0) is 162 Å². The first-order valence-electron chi connectivity index (χ1n) is 44.9. The van der Waals surface area contributed by atoms with Gasteiger partial charge in [0.05, 0.1) is 26.4 Å². The van der Waals surface area contributed by atoms with Crippen LogP contribution in [0.4, 0.5) is 0 Å². The molecule has 0 saturated heterocycles. The van der Waals surface area contributed by atoms with Gasteiger partial charge >= 0.3 is 0 Å². The third-order valence-corrected chi connectivity index (χ3v) is 28.7. The van der Waals surface area contributed by atoms with Crippen molar-refractivity contribution in [2.75, 3.05) is 39.6 Å². The number of rotatable bonds is 49. The maximum atomic E-state index is 6.11. The Balaban J connectivity index is -0.000000132. The van der Waals surface area contributed by atoms with Crippen molar-refractivity contribution >= 4 is 0 Å². The standard InChI is InChI=1S/2C16H34O.C12H26.C10H22O.3C9H20.C8H18.C6H14/c2*1-7-15(8-2,9-3)13-17-14-16(10-4,11-5)12-6;1-7-9(3)11(5)12(6)10(4)8-2;1-5-9(3)7-11-8-10(4)6-2;2*1-5-9(6-2,7-3)8-4;1-4-6-7-8-9(3)5-2;1-5-8(4,6-2)7-3;1-4-6(3)5-2/h2*7-14H2,1-6H3;9-12H,7-8H2,1-6H3;9-10H,5-8H2,1-4H3;2*5-8H2,1-4H3;9H,4-8H2,1-3H3;5-7H2,1-4H3;6H,4-5H2,1-3H3. The minimum atomic E-state index is 0.418. The summed E-state index contributed by atoms with van der Waals surface area (Å²) in [6.07, 6.45) is 44.3. The summed E-state index contributed by atoms with van der Waals surface area (Å²) in [5.74, 6) is 6.86. The van der Waals surface area contributed by atoms with Crippen LogP contribution in [0.25, 0.3) is 0 Å². The molecule has 0 aliphatic carbocycles. The Morgan fingerprint density at radius 2 is 0.418 bits per heavy atom. The topological polar surface area (TPSA) is 27.7 Å². The molecule has 0 aromatic carbocycles. The molecular formula is C95H208O3. The van der Waals surface area contributed by atoms with Gasteiger partial charge in [-0.3, -0.25) is 0 Å². The molecule has 7 unspecified atom stereocenters. The van der Waals surface area contributed by atoms with Crippen molar-refractivity contribution in [1.82, 2.24) is 0 Å². The molecule has 3 heteroatoms. The second-order valence-electron chi connectivity index (χ2n) is 32.9. The van der Waals surface area contributed by atoms with Crippen molar-refractivity contribution in [3.8, 4) is 0 Å². The molecule has 0 N–H and O–H groups in total. The van der Waals surface area contributed by atoms with Gasteiger partial charge in [-0.25, -0.2) is 0 Å². The molecule has 0 amide bonds. The van der Waals surface area contributed by atoms with Crippen LogP contribution in [0.3, 0.4) is 0 Å². The lowest BCUT2D eigenvalue weighted by Crippen LogP contribution is -2.30. The molecule has 0 aliphatic rings. The predicted octanol–water partition coefficient (Wildman–Crippen LogP) is 34.8. The molecule has 98 heavy (non-hydrogen) atoms. The number of unbranched alkanes of at least 4 members (excludes halogenated alkanes) is 2. The zero-order valence-electron chi connectivity index (χ0n) is 77.6. The molecule has 0 aliphatic heterocycles. The van der Waals surface area contributed by atoms with E-state index in [1.54, 1.807) is 0 Å². The SMILES string of the molecule is CCC(C)(CC)CC.CCC(C)C(C)C(C)C(C)CC.CCC(C)CC.CCC(C)COCC(C)CC.CCC(CC)(CC)CC.CCC(CC)(CC)CC.CCC(CC)(CC)COCC(CC)(CC)CC.CCC(CC)(CC)COCC(CC)(CC)CC.CCCCCC(C)CC. The maximum absolute atomic E-state index is 6.11. The highest BCUT2D eigenvalue weighted by molar-refractivity contribution is 4.80. The van der Waals surface area contributed by atoms with Gasteiger partial charge in [0.25, 0.3) is 0 Å². The van der Waals surface area contributed by atoms with Crippen LogP contribution >= 0.6 is 0 Å². The molecule has 3 nitrogen and oxygen atoms in total. The molecule has 0 bridgehead atoms. The van der Waals surface area contributed by atoms with Crippen LogP contribution in [0.2, 0.25) is 0 Å². The lowest BCUT2D eigenvalue weighted by molar-refractivity contribution is -0.0181. The molecule has 0 heterocycles. The van der Waals surface area contributed by atoms with E-state index in [0.717, 1.165) is 87.0 Å². The quantitative estimate of drug-likeness (QED) is 0.0568. The van der Waals surface area contributed by atoms with E-state index in [4.69, 9.17) is 14.2 Å². The van der Waals surface area contributed by atoms with Gasteiger partial charge in [0, 0.05) is 13.2 Å². The average Bonchev–Trinajstić information content (AvgIpc) is 0.943. The van der Waals surface area contributed by atoms with Crippen LogP contribution in [0.15, 0.2) is 0 Å². The van der Waals surface area contributed by atoms with Gasteiger partial charge in [0.1, 0.15) is 0 Å². The monoisotopic (exact) mass is 1400 g/mol. The molecule has 0 aromatic rings. The molecule has 0 radical (unpaired) electrons. The Labute approximate surface area is 630 Å². The van der Waals surface area contributed by atoms with Crippen molar-refractivity contribution in [2.45, 2.75) is 495 Å². The summed E-state index contributed by atoms with van der Waals surface area (Å²) in [6.45, 7) is 97.4. The van der Waals surface area contributed by atoms with E-state index in [9.17, 15) is 0 Å². The Kier molecular flexibility index (Phi) is 89.2. The molecule has 0 spiro atoms. The van der Waals surface area contributed by atoms with Gasteiger partial charge in [-0.15, -0.1) is 0 Å². The second-order valence-corrected chi connectivity index (χ2v) is 32.9. The van der Waals surface area contributed by atoms with Crippen LogP contribution in [-0.4, -0.2) is 39.6 Å². The fourth-order valence-corrected chi connectivity index (χ4v) is 12.7. The minimum Gasteiger partial charge on any atom is -0.381 e. The van der Waals surface area contributed by atoms with Crippen molar-refractivity contribution in [3.05, 3.63) is 0 Å². The van der Waals surface area contributed by atoms with Crippen LogP contribution in [0, 0.1) is 85.2 Å². The largest absolute Gasteiger partial charge is 0.381 e. The summed E-state index contributed by atoms with van der Waals surface area (Å²) < 4.78 is 17.8. The fourth-order valence-electron chi connectivity index (χ4n) is 12.7. The highest BCUT2D eigenvalue weighted by atomic mass is 16.5. The number of hydrogen-bond acceptors (Lipinski definition) is 3. The van der Waals surface area contributed by atoms with E-state index in [2.05, 4.69) is 277 Å². The molecule has 0 aromatic heterocycles. The van der Waals surface area contributed by atoms with Crippen LogP contribution in [0.1, 0.15) is 495 Å². The molecular weight excluding hydrogens is 1190 g/mol. The van der Waals surface area contributed by atoms with Crippen molar-refractivity contribution in [3.63, 3.8) is 0 Å². The normalized spacial score (nSPS) is 14.1. The molecule has 0 rings (SSSR count). The Morgan fingerprint density at radius 3 is 0.541 bits per heavy atom. The number of hydrogen-bond donors (Lipinski definition) is 0. The Hall–Kier alpha value is -0.120. The van der Waals surface area contributed by atoms with Crippen LogP contribution in [0.5, 0.6) is 0 Å². The van der Waals surface area contributed by atoms with E-state index in [1.807, 2.05) is 0 Å². The van der Waals surface area contributed by atoms with Gasteiger partial charge < -0.3 is 14.2 Å². The van der Waals surface area contributed by atoms with E-state index >= 15 is 0 Å². The third kappa shape index (κ3) is 58.1. The molecule has 7 atom stereocenters. The highest BCUT2D eigenvalue weighted by Crippen LogP contribution is 2.38. The van der Waals surface area contributed by atoms with E-state index in [0.29, 0.717) is 37.9 Å². The summed E-state index contributed by atoms with van der Waals surface area (Å²) in [7, 11) is 0. The maximum Gasteiger partial charge on any atom is 0.0522 e. The van der Waals surface area contributed by atoms with Gasteiger partial charge in [0.2, 0.25) is 0 Å². The van der Waals surface area contributed by atoms with E-state index in [-0.39, 0.29) is 0 Å². The zero-order valence-corrected chi connectivity index (χ0v) is 77.6. The van der Waals surface area contributed by atoms with E-state index < -0.39 is 0 Å². The minimum absolute atomic E-state index is 0.418. The fraction of sp³-hybridized carbons (Fsp3) is 1.00. The Morgan fingerprint density at radius 1 is 0.214 bits per heavy atom. The first-order chi connectivity index (χ1) is 46.2. The molecule has 0 fully saturated rings. The van der Waals surface area contributed by atoms with Gasteiger partial charge in [0.15, 0.2) is 0 Å². The Bertz CT molecular complexity index is 1250. The van der Waals surface area contributed by atoms with Gasteiger partial charge in [-0.2, -0.15) is 0 Å². The average molecular weight is 1400 g/mol. The summed E-state index contributed by atoms with van der Waals surface area (Å²) >= 11 is 0. The predicted molar refractivity (Wildman–Crippen MR) is 461 cm³/mol. The summed E-state index contributed by atoms with van der Waals surface area (Å²) in [5.41, 5.74) is 3.63. The van der Waals surface area contributed by atoms with Crippen LogP contribution in [-0.2, 0) is 14.2 Å². The first-order valence-corrected chi connectivity index (χ1v) is 44.9. The summed E-state index contributed by atoms with van der Waals surface area (Å²) in [4.78, 5) is 0. The molecule has 0 saturated carbocycles. The van der Waals surface area contributed by atoms with Crippen molar-refractivity contribution in [1.29, 1.82) is 0 Å². The lowest BCUT2D eigenvalue weighted by Gasteiger charge is -2.34. The van der Waals surface area contributed by atoms with Crippen molar-refractivity contribution < 1.29 is 14.2 Å². The summed E-state index contributed by atoms with van der Waals surface area (Å²) in [5, 5.41) is 0. The van der Waals surface area contributed by atoms with Gasteiger partial charge in [-0.1, -0.05) is 418 Å². The highest BCUT2D eigenvalue weighted by Gasteiger charge is 2.30. The smallest absolute Gasteiger partial charge is 0.0522 e. The lowest BCUT2D eigenvalue weighted by atomic mass is 9.77. The summed E-state index contributed by atoms with van der Waals surface area (Å²) in [6, 6.07) is 0. The second kappa shape index (κ2) is 75.1. The number of ether oxygens (including phenoxy) is 3. The van der Waals surface area contributed by atoms with Crippen LogP contribution < -0.4 is 0 Å². The first kappa shape index (κ1) is 116.